The highest BCUT2D eigenvalue weighted by atomic mass is 19.1. The van der Waals surface area contributed by atoms with Crippen LogP contribution in [-0.2, 0) is 0 Å². The summed E-state index contributed by atoms with van der Waals surface area (Å²) in [6.07, 6.45) is -1.88. The van der Waals surface area contributed by atoms with Crippen molar-refractivity contribution in [1.29, 1.82) is 0 Å². The van der Waals surface area contributed by atoms with E-state index in [9.17, 15) is 14.0 Å². The Morgan fingerprint density at radius 3 is 1.79 bits per heavy atom. The monoisotopic (exact) mass is 318 g/mol. The largest absolute Gasteiger partial charge is 0.290 e. The summed E-state index contributed by atoms with van der Waals surface area (Å²) >= 11 is 0. The molecule has 0 amide bonds. The van der Waals surface area contributed by atoms with E-state index in [1.54, 1.807) is 78.9 Å². The van der Waals surface area contributed by atoms with Gasteiger partial charge >= 0.3 is 0 Å². The van der Waals surface area contributed by atoms with Gasteiger partial charge in [0.1, 0.15) is 0 Å². The molecule has 3 aromatic carbocycles. The number of rotatable bonds is 5. The lowest BCUT2D eigenvalue weighted by atomic mass is 9.93. The third kappa shape index (κ3) is 3.15. The van der Waals surface area contributed by atoms with E-state index in [-0.39, 0.29) is 22.5 Å². The van der Waals surface area contributed by atoms with E-state index in [2.05, 4.69) is 0 Å². The van der Waals surface area contributed by atoms with Gasteiger partial charge in [0.05, 0.1) is 0 Å². The summed E-state index contributed by atoms with van der Waals surface area (Å²) in [4.78, 5) is 25.0. The Morgan fingerprint density at radius 2 is 1.17 bits per heavy atom. The van der Waals surface area contributed by atoms with Crippen LogP contribution in [0.3, 0.4) is 0 Å². The maximum absolute atomic E-state index is 14.8. The first-order valence-electron chi connectivity index (χ1n) is 7.60. The maximum atomic E-state index is 14.8. The van der Waals surface area contributed by atoms with Gasteiger partial charge < -0.3 is 0 Å². The van der Waals surface area contributed by atoms with Crippen LogP contribution in [0.15, 0.2) is 84.9 Å². The molecule has 118 valence electrons. The molecule has 1 unspecified atom stereocenters. The van der Waals surface area contributed by atoms with Gasteiger partial charge in [0.15, 0.2) is 12.0 Å². The van der Waals surface area contributed by atoms with Crippen LogP contribution in [0.5, 0.6) is 0 Å². The zero-order valence-electron chi connectivity index (χ0n) is 12.9. The summed E-state index contributed by atoms with van der Waals surface area (Å²) in [7, 11) is 0. The van der Waals surface area contributed by atoms with Gasteiger partial charge in [-0.15, -0.1) is 0 Å². The Hall–Kier alpha value is -3.07. The van der Waals surface area contributed by atoms with Crippen molar-refractivity contribution in [2.45, 2.75) is 6.17 Å². The second-order valence-corrected chi connectivity index (χ2v) is 5.38. The standard InChI is InChI=1S/C21H15FO2/c22-19(21(24)16-11-5-2-6-12-16)17-13-7-8-14-18(17)20(23)15-9-3-1-4-10-15/h1-14,19H. The fourth-order valence-electron chi connectivity index (χ4n) is 2.56. The van der Waals surface area contributed by atoms with Gasteiger partial charge in [0.25, 0.3) is 0 Å². The molecule has 0 radical (unpaired) electrons. The third-order valence-corrected chi connectivity index (χ3v) is 3.80. The molecule has 0 fully saturated rings. The average molecular weight is 318 g/mol. The van der Waals surface area contributed by atoms with Crippen molar-refractivity contribution in [3.8, 4) is 0 Å². The van der Waals surface area contributed by atoms with Crippen molar-refractivity contribution in [1.82, 2.24) is 0 Å². The van der Waals surface area contributed by atoms with Gasteiger partial charge in [-0.1, -0.05) is 84.9 Å². The predicted molar refractivity (Wildman–Crippen MR) is 90.9 cm³/mol. The molecule has 3 heteroatoms. The summed E-state index contributed by atoms with van der Waals surface area (Å²) in [5.74, 6) is -0.946. The molecule has 24 heavy (non-hydrogen) atoms. The number of alkyl halides is 1. The number of Topliss-reactive ketones (excluding diaryl/α,β-unsaturated/α-hetero) is 1. The van der Waals surface area contributed by atoms with Gasteiger partial charge in [-0.05, 0) is 0 Å². The number of carbonyl (C=O) groups is 2. The van der Waals surface area contributed by atoms with Crippen LogP contribution < -0.4 is 0 Å². The Balaban J connectivity index is 1.98. The Bertz CT molecular complexity index is 857. The third-order valence-electron chi connectivity index (χ3n) is 3.80. The van der Waals surface area contributed by atoms with Crippen molar-refractivity contribution in [3.05, 3.63) is 107 Å². The van der Waals surface area contributed by atoms with Crippen LogP contribution in [0.4, 0.5) is 4.39 Å². The molecule has 0 spiro atoms. The molecular formula is C21H15FO2. The quantitative estimate of drug-likeness (QED) is 0.633. The highest BCUT2D eigenvalue weighted by molar-refractivity contribution is 6.11. The molecule has 0 bridgehead atoms. The summed E-state index contributed by atoms with van der Waals surface area (Å²) in [5, 5.41) is 0. The zero-order chi connectivity index (χ0) is 16.9. The van der Waals surface area contributed by atoms with E-state index in [0.717, 1.165) is 0 Å². The van der Waals surface area contributed by atoms with Crippen LogP contribution >= 0.6 is 0 Å². The highest BCUT2D eigenvalue weighted by Crippen LogP contribution is 2.27. The van der Waals surface area contributed by atoms with Gasteiger partial charge in [0.2, 0.25) is 5.78 Å². The number of hydrogen-bond donors (Lipinski definition) is 0. The SMILES string of the molecule is O=C(c1ccccc1)c1ccccc1C(F)C(=O)c1ccccc1. The van der Waals surface area contributed by atoms with E-state index < -0.39 is 12.0 Å². The second-order valence-electron chi connectivity index (χ2n) is 5.38. The molecule has 0 aliphatic carbocycles. The summed E-state index contributed by atoms with van der Waals surface area (Å²) in [5.41, 5.74) is 1.05. The minimum absolute atomic E-state index is 0.0974. The van der Waals surface area contributed by atoms with E-state index in [4.69, 9.17) is 0 Å². The topological polar surface area (TPSA) is 34.1 Å². The number of hydrogen-bond acceptors (Lipinski definition) is 2. The van der Waals surface area contributed by atoms with Crippen LogP contribution in [0.1, 0.15) is 38.0 Å². The molecule has 3 rings (SSSR count). The van der Waals surface area contributed by atoms with Crippen molar-refractivity contribution in [2.24, 2.45) is 0 Å². The predicted octanol–water partition coefficient (Wildman–Crippen LogP) is 4.81. The van der Waals surface area contributed by atoms with Crippen molar-refractivity contribution >= 4 is 11.6 Å². The lowest BCUT2D eigenvalue weighted by Gasteiger charge is -2.12. The molecule has 3 aromatic rings. The molecule has 0 saturated carbocycles. The molecule has 1 atom stereocenters. The Morgan fingerprint density at radius 1 is 0.667 bits per heavy atom. The summed E-state index contributed by atoms with van der Waals surface area (Å²) in [6, 6.07) is 23.2. The summed E-state index contributed by atoms with van der Waals surface area (Å²) in [6.45, 7) is 0. The molecule has 0 aromatic heterocycles. The minimum atomic E-state index is -1.88. The lowest BCUT2D eigenvalue weighted by molar-refractivity contribution is 0.0876. The van der Waals surface area contributed by atoms with Crippen molar-refractivity contribution < 1.29 is 14.0 Å². The molecule has 0 aliphatic rings. The van der Waals surface area contributed by atoms with Crippen LogP contribution in [-0.4, -0.2) is 11.6 Å². The fraction of sp³-hybridized carbons (Fsp3) is 0.0476. The smallest absolute Gasteiger partial charge is 0.201 e. The molecule has 2 nitrogen and oxygen atoms in total. The first-order valence-corrected chi connectivity index (χ1v) is 7.60. The number of halogens is 1. The lowest BCUT2D eigenvalue weighted by Crippen LogP contribution is -2.13. The van der Waals surface area contributed by atoms with Crippen molar-refractivity contribution in [3.63, 3.8) is 0 Å². The second kappa shape index (κ2) is 7.01. The van der Waals surface area contributed by atoms with Crippen LogP contribution in [0.25, 0.3) is 0 Å². The maximum Gasteiger partial charge on any atom is 0.201 e. The fourth-order valence-corrected chi connectivity index (χ4v) is 2.56. The van der Waals surface area contributed by atoms with Crippen LogP contribution in [0, 0.1) is 0 Å². The van der Waals surface area contributed by atoms with Crippen molar-refractivity contribution in [2.75, 3.05) is 0 Å². The zero-order valence-corrected chi connectivity index (χ0v) is 12.9. The minimum Gasteiger partial charge on any atom is -0.290 e. The van der Waals surface area contributed by atoms with E-state index in [1.807, 2.05) is 0 Å². The molecule has 0 saturated heterocycles. The van der Waals surface area contributed by atoms with Gasteiger partial charge in [0, 0.05) is 22.3 Å². The first-order chi connectivity index (χ1) is 11.7. The average Bonchev–Trinajstić information content (AvgIpc) is 2.67. The van der Waals surface area contributed by atoms with E-state index in [1.165, 1.54) is 6.07 Å². The van der Waals surface area contributed by atoms with E-state index >= 15 is 0 Å². The molecular weight excluding hydrogens is 303 g/mol. The molecule has 0 heterocycles. The van der Waals surface area contributed by atoms with Gasteiger partial charge in [-0.25, -0.2) is 4.39 Å². The van der Waals surface area contributed by atoms with Gasteiger partial charge in [-0.3, -0.25) is 9.59 Å². The number of ketones is 2. The Labute approximate surface area is 139 Å². The summed E-state index contributed by atoms with van der Waals surface area (Å²) < 4.78 is 14.8. The normalized spacial score (nSPS) is 11.7. The first kappa shape index (κ1) is 15.8. The van der Waals surface area contributed by atoms with E-state index in [0.29, 0.717) is 5.56 Å². The number of benzene rings is 3. The number of carbonyl (C=O) groups excluding carboxylic acids is 2. The van der Waals surface area contributed by atoms with Crippen LogP contribution in [0.2, 0.25) is 0 Å². The van der Waals surface area contributed by atoms with Gasteiger partial charge in [-0.2, -0.15) is 0 Å². The molecule has 0 N–H and O–H groups in total. The highest BCUT2D eigenvalue weighted by Gasteiger charge is 2.26. The Kier molecular flexibility index (Phi) is 4.62. The molecule has 0 aliphatic heterocycles.